The number of nitrogens with one attached hydrogen (secondary N) is 1. The SMILES string of the molecule is CN(C(=O)COc1ccc(S(=O)(=O)Nc2cccc(C(F)(F)F)c2)cc1)c1ccccc1. The Hall–Kier alpha value is -3.53. The van der Waals surface area contributed by atoms with E-state index in [-0.39, 0.29) is 28.8 Å². The molecule has 0 radical (unpaired) electrons. The summed E-state index contributed by atoms with van der Waals surface area (Å²) in [6.45, 7) is -0.264. The Bertz CT molecular complexity index is 1180. The molecule has 3 aromatic rings. The first-order chi connectivity index (χ1) is 15.1. The minimum absolute atomic E-state index is 0.171. The van der Waals surface area contributed by atoms with Gasteiger partial charge in [-0.25, -0.2) is 8.42 Å². The summed E-state index contributed by atoms with van der Waals surface area (Å²) >= 11 is 0. The standard InChI is InChI=1S/C22H19F3N2O4S/c1-27(18-8-3-2-4-9-18)21(28)15-31-19-10-12-20(13-11-19)32(29,30)26-17-7-5-6-16(14-17)22(23,24)25/h2-14,26H,15H2,1H3. The Balaban J connectivity index is 1.64. The van der Waals surface area contributed by atoms with Gasteiger partial charge in [-0.3, -0.25) is 9.52 Å². The Morgan fingerprint density at radius 2 is 1.62 bits per heavy atom. The van der Waals surface area contributed by atoms with Crippen molar-refractivity contribution < 1.29 is 31.1 Å². The van der Waals surface area contributed by atoms with Crippen LogP contribution in [0.5, 0.6) is 5.75 Å². The van der Waals surface area contributed by atoms with E-state index in [1.165, 1.54) is 35.2 Å². The van der Waals surface area contributed by atoms with Crippen LogP contribution in [0, 0.1) is 0 Å². The fourth-order valence-corrected chi connectivity index (χ4v) is 3.78. The molecule has 0 atom stereocenters. The van der Waals surface area contributed by atoms with Gasteiger partial charge in [0, 0.05) is 18.4 Å². The summed E-state index contributed by atoms with van der Waals surface area (Å²) in [5.41, 5.74) is -0.482. The zero-order valence-electron chi connectivity index (χ0n) is 16.8. The van der Waals surface area contributed by atoms with Crippen LogP contribution in [0.2, 0.25) is 0 Å². The van der Waals surface area contributed by atoms with Gasteiger partial charge in [-0.05, 0) is 54.6 Å². The van der Waals surface area contributed by atoms with Gasteiger partial charge in [-0.2, -0.15) is 13.2 Å². The third-order valence-corrected chi connectivity index (χ3v) is 5.85. The molecule has 0 heterocycles. The van der Waals surface area contributed by atoms with Crippen LogP contribution in [0.15, 0.2) is 83.8 Å². The molecule has 0 spiro atoms. The van der Waals surface area contributed by atoms with Gasteiger partial charge in [0.15, 0.2) is 6.61 Å². The molecule has 6 nitrogen and oxygen atoms in total. The van der Waals surface area contributed by atoms with Crippen molar-refractivity contribution in [1.29, 1.82) is 0 Å². The molecule has 168 valence electrons. The lowest BCUT2D eigenvalue weighted by Crippen LogP contribution is -2.31. The average molecular weight is 464 g/mol. The van der Waals surface area contributed by atoms with E-state index in [9.17, 15) is 26.4 Å². The number of benzene rings is 3. The van der Waals surface area contributed by atoms with E-state index < -0.39 is 21.8 Å². The Morgan fingerprint density at radius 1 is 0.969 bits per heavy atom. The molecule has 10 heteroatoms. The van der Waals surface area contributed by atoms with Crippen molar-refractivity contribution in [3.8, 4) is 5.75 Å². The molecule has 0 saturated heterocycles. The number of alkyl halides is 3. The van der Waals surface area contributed by atoms with Gasteiger partial charge in [0.1, 0.15) is 5.75 Å². The van der Waals surface area contributed by atoms with Crippen molar-refractivity contribution in [2.75, 3.05) is 23.3 Å². The fourth-order valence-electron chi connectivity index (χ4n) is 2.73. The minimum Gasteiger partial charge on any atom is -0.484 e. The lowest BCUT2D eigenvalue weighted by Gasteiger charge is -2.17. The summed E-state index contributed by atoms with van der Waals surface area (Å²) in [6.07, 6.45) is -4.59. The molecule has 0 aliphatic rings. The summed E-state index contributed by atoms with van der Waals surface area (Å²) in [4.78, 5) is 13.5. The maximum atomic E-state index is 12.8. The highest BCUT2D eigenvalue weighted by molar-refractivity contribution is 7.92. The number of amides is 1. The van der Waals surface area contributed by atoms with E-state index in [0.717, 1.165) is 12.1 Å². The zero-order valence-corrected chi connectivity index (χ0v) is 17.7. The number of sulfonamides is 1. The molecule has 1 amide bonds. The quantitative estimate of drug-likeness (QED) is 0.557. The molecule has 3 rings (SSSR count). The number of carbonyl (C=O) groups excluding carboxylic acids is 1. The highest BCUT2D eigenvalue weighted by Crippen LogP contribution is 2.31. The number of halogens is 3. The number of para-hydroxylation sites is 1. The fraction of sp³-hybridized carbons (Fsp3) is 0.136. The van der Waals surface area contributed by atoms with Crippen LogP contribution in [0.4, 0.5) is 24.5 Å². The molecule has 0 fully saturated rings. The van der Waals surface area contributed by atoms with Crippen LogP contribution in [-0.4, -0.2) is 28.0 Å². The van der Waals surface area contributed by atoms with Crippen molar-refractivity contribution in [3.63, 3.8) is 0 Å². The number of hydrogen-bond donors (Lipinski definition) is 1. The molecule has 1 N–H and O–H groups in total. The maximum Gasteiger partial charge on any atom is 0.416 e. The summed E-state index contributed by atoms with van der Waals surface area (Å²) in [5, 5.41) is 0. The molecule has 0 aliphatic heterocycles. The predicted molar refractivity (Wildman–Crippen MR) is 114 cm³/mol. The first kappa shape index (κ1) is 23.1. The number of ether oxygens (including phenoxy) is 1. The zero-order chi connectivity index (χ0) is 23.4. The second-order valence-electron chi connectivity index (χ2n) is 6.73. The van der Waals surface area contributed by atoms with E-state index in [1.54, 1.807) is 31.3 Å². The van der Waals surface area contributed by atoms with Crippen LogP contribution in [0.1, 0.15) is 5.56 Å². The highest BCUT2D eigenvalue weighted by atomic mass is 32.2. The van der Waals surface area contributed by atoms with E-state index in [0.29, 0.717) is 11.8 Å². The molecule has 0 aliphatic carbocycles. The Kier molecular flexibility index (Phi) is 6.73. The molecule has 0 saturated carbocycles. The van der Waals surface area contributed by atoms with E-state index in [4.69, 9.17) is 4.74 Å². The second-order valence-corrected chi connectivity index (χ2v) is 8.41. The van der Waals surface area contributed by atoms with Gasteiger partial charge in [-0.1, -0.05) is 24.3 Å². The third kappa shape index (κ3) is 5.79. The summed E-state index contributed by atoms with van der Waals surface area (Å²) in [7, 11) is -2.51. The molecule has 3 aromatic carbocycles. The molecule has 32 heavy (non-hydrogen) atoms. The van der Waals surface area contributed by atoms with Crippen LogP contribution < -0.4 is 14.4 Å². The molecule has 0 aromatic heterocycles. The van der Waals surface area contributed by atoms with Crippen molar-refractivity contribution in [1.82, 2.24) is 0 Å². The highest BCUT2D eigenvalue weighted by Gasteiger charge is 2.30. The third-order valence-electron chi connectivity index (χ3n) is 4.46. The molecular formula is C22H19F3N2O4S. The summed E-state index contributed by atoms with van der Waals surface area (Å²) < 4.78 is 71.0. The van der Waals surface area contributed by atoms with Gasteiger partial charge in [-0.15, -0.1) is 0 Å². The van der Waals surface area contributed by atoms with Crippen molar-refractivity contribution in [3.05, 3.63) is 84.4 Å². The number of anilines is 2. The van der Waals surface area contributed by atoms with Crippen molar-refractivity contribution >= 4 is 27.3 Å². The predicted octanol–water partition coefficient (Wildman–Crippen LogP) is 4.55. The number of likely N-dealkylation sites (N-methyl/N-ethyl adjacent to an activating group) is 1. The summed E-state index contributed by atoms with van der Waals surface area (Å²) in [5.74, 6) is -0.0445. The molecule has 0 unspecified atom stereocenters. The van der Waals surface area contributed by atoms with Gasteiger partial charge < -0.3 is 9.64 Å². The van der Waals surface area contributed by atoms with Crippen LogP contribution in [-0.2, 0) is 21.0 Å². The average Bonchev–Trinajstić information content (AvgIpc) is 2.77. The van der Waals surface area contributed by atoms with Gasteiger partial charge >= 0.3 is 6.18 Å². The van der Waals surface area contributed by atoms with Crippen LogP contribution in [0.3, 0.4) is 0 Å². The largest absolute Gasteiger partial charge is 0.484 e. The normalized spacial score (nSPS) is 11.6. The lowest BCUT2D eigenvalue weighted by molar-refractivity contribution is -0.137. The van der Waals surface area contributed by atoms with Crippen molar-refractivity contribution in [2.45, 2.75) is 11.1 Å². The van der Waals surface area contributed by atoms with Crippen molar-refractivity contribution in [2.24, 2.45) is 0 Å². The molecular weight excluding hydrogens is 445 g/mol. The smallest absolute Gasteiger partial charge is 0.416 e. The monoisotopic (exact) mass is 464 g/mol. The number of nitrogens with zero attached hydrogens (tertiary/aromatic N) is 1. The minimum atomic E-state index is -4.59. The van der Waals surface area contributed by atoms with Crippen LogP contribution >= 0.6 is 0 Å². The van der Waals surface area contributed by atoms with Crippen LogP contribution in [0.25, 0.3) is 0 Å². The number of carbonyl (C=O) groups is 1. The maximum absolute atomic E-state index is 12.8. The first-order valence-corrected chi connectivity index (χ1v) is 10.8. The number of hydrogen-bond acceptors (Lipinski definition) is 4. The summed E-state index contributed by atoms with van der Waals surface area (Å²) in [6, 6.07) is 18.0. The molecule has 0 bridgehead atoms. The second kappa shape index (κ2) is 9.31. The van der Waals surface area contributed by atoms with E-state index in [1.807, 2.05) is 6.07 Å². The van der Waals surface area contributed by atoms with Gasteiger partial charge in [0.05, 0.1) is 10.5 Å². The van der Waals surface area contributed by atoms with E-state index >= 15 is 0 Å². The van der Waals surface area contributed by atoms with E-state index in [2.05, 4.69) is 4.72 Å². The Labute approximate surface area is 183 Å². The topological polar surface area (TPSA) is 75.7 Å². The Morgan fingerprint density at radius 3 is 2.25 bits per heavy atom. The number of rotatable bonds is 7. The first-order valence-electron chi connectivity index (χ1n) is 9.31. The lowest BCUT2D eigenvalue weighted by atomic mass is 10.2. The van der Waals surface area contributed by atoms with Gasteiger partial charge in [0.25, 0.3) is 15.9 Å². The van der Waals surface area contributed by atoms with Gasteiger partial charge in [0.2, 0.25) is 0 Å².